The zero-order chi connectivity index (χ0) is 22.7. The first-order valence-electron chi connectivity index (χ1n) is 9.43. The summed E-state index contributed by atoms with van der Waals surface area (Å²) in [5.41, 5.74) is 1.95. The Balaban J connectivity index is 1.49. The molecular formula is C22H16BrFN6O2. The van der Waals surface area contributed by atoms with E-state index < -0.39 is 5.91 Å². The maximum Gasteiger partial charge on any atom is 0.278 e. The quantitative estimate of drug-likeness (QED) is 0.428. The highest BCUT2D eigenvalue weighted by Crippen LogP contribution is 2.17. The van der Waals surface area contributed by atoms with E-state index in [9.17, 15) is 14.0 Å². The van der Waals surface area contributed by atoms with Gasteiger partial charge >= 0.3 is 0 Å². The van der Waals surface area contributed by atoms with Gasteiger partial charge in [0.2, 0.25) is 0 Å². The molecule has 2 aromatic carbocycles. The Morgan fingerprint density at radius 2 is 1.78 bits per heavy atom. The number of benzene rings is 2. The molecule has 0 aliphatic carbocycles. The van der Waals surface area contributed by atoms with E-state index in [0.717, 1.165) is 4.47 Å². The Morgan fingerprint density at radius 1 is 1.00 bits per heavy atom. The van der Waals surface area contributed by atoms with Gasteiger partial charge in [-0.15, -0.1) is 5.10 Å². The maximum atomic E-state index is 13.2. The molecule has 2 amide bonds. The average Bonchev–Trinajstić information content (AvgIpc) is 3.17. The van der Waals surface area contributed by atoms with Crippen molar-refractivity contribution >= 4 is 39.2 Å². The molecule has 0 aliphatic rings. The summed E-state index contributed by atoms with van der Waals surface area (Å²) in [6, 6.07) is 15.6. The summed E-state index contributed by atoms with van der Waals surface area (Å²) in [5.74, 6) is -0.817. The van der Waals surface area contributed by atoms with Gasteiger partial charge in [0.05, 0.1) is 11.4 Å². The van der Waals surface area contributed by atoms with Crippen LogP contribution in [0.1, 0.15) is 26.5 Å². The lowest BCUT2D eigenvalue weighted by Crippen LogP contribution is -2.16. The highest BCUT2D eigenvalue weighted by atomic mass is 79.9. The molecule has 0 unspecified atom stereocenters. The predicted octanol–water partition coefficient (Wildman–Crippen LogP) is 4.38. The van der Waals surface area contributed by atoms with Gasteiger partial charge in [0.25, 0.3) is 11.8 Å². The second-order valence-electron chi connectivity index (χ2n) is 6.76. The van der Waals surface area contributed by atoms with Crippen LogP contribution in [-0.2, 0) is 0 Å². The van der Waals surface area contributed by atoms with Crippen LogP contribution in [0.25, 0.3) is 5.69 Å². The number of nitrogens with zero attached hydrogens (tertiary/aromatic N) is 4. The van der Waals surface area contributed by atoms with Crippen molar-refractivity contribution in [3.8, 4) is 5.69 Å². The van der Waals surface area contributed by atoms with Gasteiger partial charge in [-0.05, 0) is 77.5 Å². The Labute approximate surface area is 190 Å². The molecule has 160 valence electrons. The molecule has 4 rings (SSSR count). The van der Waals surface area contributed by atoms with Crippen LogP contribution in [0.4, 0.5) is 15.9 Å². The number of hydrogen-bond acceptors (Lipinski definition) is 5. The Bertz CT molecular complexity index is 1290. The van der Waals surface area contributed by atoms with Crippen LogP contribution in [0.5, 0.6) is 0 Å². The minimum absolute atomic E-state index is 0.114. The highest BCUT2D eigenvalue weighted by Gasteiger charge is 2.18. The third-order valence-electron chi connectivity index (χ3n) is 4.53. The Morgan fingerprint density at radius 3 is 2.50 bits per heavy atom. The van der Waals surface area contributed by atoms with Crippen molar-refractivity contribution in [2.24, 2.45) is 0 Å². The molecule has 2 N–H and O–H groups in total. The molecule has 0 radical (unpaired) electrons. The van der Waals surface area contributed by atoms with E-state index in [4.69, 9.17) is 0 Å². The molecule has 2 aromatic heterocycles. The molecule has 0 spiro atoms. The Kier molecular flexibility index (Phi) is 6.04. The lowest BCUT2D eigenvalue weighted by molar-refractivity contribution is 0.101. The summed E-state index contributed by atoms with van der Waals surface area (Å²) in [4.78, 5) is 29.4. The number of aromatic nitrogens is 4. The van der Waals surface area contributed by atoms with E-state index in [0.29, 0.717) is 28.5 Å². The number of carbonyl (C=O) groups excluding carboxylic acids is 2. The zero-order valence-electron chi connectivity index (χ0n) is 16.7. The SMILES string of the molecule is Cc1c(C(=O)Nc2cccc(C(=O)Nc3ccc(Br)cn3)c2)nnn1-c1ccc(F)cc1. The molecule has 0 fully saturated rings. The fourth-order valence-corrected chi connectivity index (χ4v) is 3.17. The normalized spacial score (nSPS) is 10.6. The van der Waals surface area contributed by atoms with Gasteiger partial charge in [0.15, 0.2) is 5.69 Å². The average molecular weight is 495 g/mol. The summed E-state index contributed by atoms with van der Waals surface area (Å²) in [5, 5.41) is 13.4. The van der Waals surface area contributed by atoms with Crippen molar-refractivity contribution in [3.05, 3.63) is 94.1 Å². The van der Waals surface area contributed by atoms with Crippen molar-refractivity contribution < 1.29 is 14.0 Å². The topological polar surface area (TPSA) is 102 Å². The molecule has 2 heterocycles. The van der Waals surface area contributed by atoms with Gasteiger partial charge in [0.1, 0.15) is 11.6 Å². The molecule has 0 saturated heterocycles. The van der Waals surface area contributed by atoms with Gasteiger partial charge in [0, 0.05) is 21.9 Å². The maximum absolute atomic E-state index is 13.2. The third-order valence-corrected chi connectivity index (χ3v) is 5.00. The van der Waals surface area contributed by atoms with Gasteiger partial charge < -0.3 is 10.6 Å². The minimum Gasteiger partial charge on any atom is -0.321 e. The summed E-state index contributed by atoms with van der Waals surface area (Å²) >= 11 is 3.29. The van der Waals surface area contributed by atoms with E-state index in [1.54, 1.807) is 61.7 Å². The van der Waals surface area contributed by atoms with E-state index in [2.05, 4.69) is 41.9 Å². The lowest BCUT2D eigenvalue weighted by Gasteiger charge is -2.08. The number of nitrogens with one attached hydrogen (secondary N) is 2. The molecule has 0 aliphatic heterocycles. The van der Waals surface area contributed by atoms with Crippen LogP contribution in [0.3, 0.4) is 0 Å². The van der Waals surface area contributed by atoms with Gasteiger partial charge in [-0.3, -0.25) is 9.59 Å². The van der Waals surface area contributed by atoms with Gasteiger partial charge in [-0.1, -0.05) is 11.3 Å². The number of amides is 2. The van der Waals surface area contributed by atoms with Crippen LogP contribution in [0, 0.1) is 12.7 Å². The van der Waals surface area contributed by atoms with E-state index in [-0.39, 0.29) is 17.4 Å². The van der Waals surface area contributed by atoms with Crippen LogP contribution in [0.15, 0.2) is 71.3 Å². The molecular weight excluding hydrogens is 479 g/mol. The number of hydrogen-bond donors (Lipinski definition) is 2. The molecule has 0 bridgehead atoms. The summed E-state index contributed by atoms with van der Waals surface area (Å²) in [7, 11) is 0. The van der Waals surface area contributed by atoms with Crippen molar-refractivity contribution in [1.29, 1.82) is 0 Å². The van der Waals surface area contributed by atoms with Crippen molar-refractivity contribution in [2.45, 2.75) is 6.92 Å². The molecule has 10 heteroatoms. The second kappa shape index (κ2) is 9.06. The standard InChI is InChI=1S/C22H16BrFN6O2/c1-13-20(28-29-30(13)18-8-6-16(24)7-9-18)22(32)26-17-4-2-3-14(11-17)21(31)27-19-10-5-15(23)12-25-19/h2-12H,1H3,(H,26,32)(H,25,27,31). The van der Waals surface area contributed by atoms with E-state index >= 15 is 0 Å². The monoisotopic (exact) mass is 494 g/mol. The van der Waals surface area contributed by atoms with Crippen LogP contribution in [0.2, 0.25) is 0 Å². The second-order valence-corrected chi connectivity index (χ2v) is 7.68. The number of halogens is 2. The summed E-state index contributed by atoms with van der Waals surface area (Å²) in [6.07, 6.45) is 1.58. The molecule has 8 nitrogen and oxygen atoms in total. The highest BCUT2D eigenvalue weighted by molar-refractivity contribution is 9.10. The zero-order valence-corrected chi connectivity index (χ0v) is 18.3. The van der Waals surface area contributed by atoms with Crippen molar-refractivity contribution in [1.82, 2.24) is 20.0 Å². The van der Waals surface area contributed by atoms with Crippen molar-refractivity contribution in [3.63, 3.8) is 0 Å². The summed E-state index contributed by atoms with van der Waals surface area (Å²) in [6.45, 7) is 1.69. The smallest absolute Gasteiger partial charge is 0.278 e. The van der Waals surface area contributed by atoms with Gasteiger partial charge in [-0.25, -0.2) is 14.1 Å². The largest absolute Gasteiger partial charge is 0.321 e. The molecule has 32 heavy (non-hydrogen) atoms. The molecule has 0 atom stereocenters. The van der Waals surface area contributed by atoms with Gasteiger partial charge in [-0.2, -0.15) is 0 Å². The number of rotatable bonds is 5. The number of anilines is 2. The predicted molar refractivity (Wildman–Crippen MR) is 120 cm³/mol. The molecule has 4 aromatic rings. The fraction of sp³-hybridized carbons (Fsp3) is 0.0455. The molecule has 0 saturated carbocycles. The lowest BCUT2D eigenvalue weighted by atomic mass is 10.2. The Hall–Kier alpha value is -3.92. The number of pyridine rings is 1. The van der Waals surface area contributed by atoms with E-state index in [1.807, 2.05) is 0 Å². The third kappa shape index (κ3) is 4.70. The van der Waals surface area contributed by atoms with Crippen LogP contribution in [-0.4, -0.2) is 31.8 Å². The van der Waals surface area contributed by atoms with E-state index in [1.165, 1.54) is 16.8 Å². The van der Waals surface area contributed by atoms with Crippen molar-refractivity contribution in [2.75, 3.05) is 10.6 Å². The summed E-state index contributed by atoms with van der Waals surface area (Å²) < 4.78 is 15.4. The first-order chi connectivity index (χ1) is 15.4. The fourth-order valence-electron chi connectivity index (χ4n) is 2.93. The van der Waals surface area contributed by atoms with Crippen LogP contribution < -0.4 is 10.6 Å². The first kappa shape index (κ1) is 21.3. The first-order valence-corrected chi connectivity index (χ1v) is 10.2. The van der Waals surface area contributed by atoms with Crippen LogP contribution >= 0.6 is 15.9 Å². The minimum atomic E-state index is -0.483. The number of carbonyl (C=O) groups is 2.